The van der Waals surface area contributed by atoms with Crippen LogP contribution in [0.25, 0.3) is 22.3 Å². The SMILES string of the molecule is C/C(Cn1nc(C)c(Cl)c1C)=N/NC(=O)c1cc(-c2ccc(Cl)cc2)nc2c1c(C)nn2C. The summed E-state index contributed by atoms with van der Waals surface area (Å²) in [6, 6.07) is 9.06. The van der Waals surface area contributed by atoms with Gasteiger partial charge in [0.2, 0.25) is 0 Å². The Morgan fingerprint density at radius 2 is 1.79 bits per heavy atom. The van der Waals surface area contributed by atoms with E-state index in [1.807, 2.05) is 39.8 Å². The zero-order chi connectivity index (χ0) is 23.9. The number of nitrogens with zero attached hydrogens (tertiary/aromatic N) is 6. The van der Waals surface area contributed by atoms with Crippen molar-refractivity contribution in [2.24, 2.45) is 12.1 Å². The summed E-state index contributed by atoms with van der Waals surface area (Å²) in [7, 11) is 1.80. The molecule has 10 heteroatoms. The van der Waals surface area contributed by atoms with Gasteiger partial charge in [0, 0.05) is 17.6 Å². The lowest BCUT2D eigenvalue weighted by atomic mass is 10.1. The maximum Gasteiger partial charge on any atom is 0.272 e. The van der Waals surface area contributed by atoms with Crippen molar-refractivity contribution in [2.75, 3.05) is 0 Å². The number of aryl methyl sites for hydroxylation is 3. The van der Waals surface area contributed by atoms with Crippen LogP contribution in [0, 0.1) is 20.8 Å². The molecule has 4 rings (SSSR count). The second kappa shape index (κ2) is 8.96. The highest BCUT2D eigenvalue weighted by atomic mass is 35.5. The molecule has 0 unspecified atom stereocenters. The van der Waals surface area contributed by atoms with Crippen LogP contribution < -0.4 is 5.43 Å². The van der Waals surface area contributed by atoms with Crippen molar-refractivity contribution in [1.29, 1.82) is 0 Å². The molecule has 0 fully saturated rings. The standard InChI is InChI=1S/C23H23Cl2N7O/c1-12(11-32-15(4)21(25)14(3)30-32)27-28-23(33)18-10-19(16-6-8-17(24)9-7-16)26-22-20(18)13(2)29-31(22)5/h6-10H,11H2,1-5H3,(H,28,33)/b27-12-. The maximum atomic E-state index is 13.2. The van der Waals surface area contributed by atoms with Gasteiger partial charge in [-0.2, -0.15) is 15.3 Å². The first-order valence-electron chi connectivity index (χ1n) is 10.3. The van der Waals surface area contributed by atoms with Gasteiger partial charge in [-0.3, -0.25) is 14.2 Å². The van der Waals surface area contributed by atoms with E-state index in [1.54, 1.807) is 34.6 Å². The Kier molecular flexibility index (Phi) is 6.23. The van der Waals surface area contributed by atoms with E-state index in [2.05, 4.69) is 20.7 Å². The number of aromatic nitrogens is 5. The first kappa shape index (κ1) is 22.9. The van der Waals surface area contributed by atoms with Crippen molar-refractivity contribution >= 4 is 45.9 Å². The van der Waals surface area contributed by atoms with E-state index in [9.17, 15) is 4.79 Å². The van der Waals surface area contributed by atoms with Crippen molar-refractivity contribution in [3.63, 3.8) is 0 Å². The number of benzene rings is 1. The first-order valence-corrected chi connectivity index (χ1v) is 11.0. The number of hydrogen-bond donors (Lipinski definition) is 1. The fourth-order valence-electron chi connectivity index (χ4n) is 3.68. The van der Waals surface area contributed by atoms with Gasteiger partial charge in [0.05, 0.1) is 51.0 Å². The summed E-state index contributed by atoms with van der Waals surface area (Å²) in [5.41, 5.74) is 8.21. The summed E-state index contributed by atoms with van der Waals surface area (Å²) < 4.78 is 3.43. The fraction of sp³-hybridized carbons (Fsp3) is 0.261. The monoisotopic (exact) mass is 483 g/mol. The maximum absolute atomic E-state index is 13.2. The van der Waals surface area contributed by atoms with E-state index < -0.39 is 0 Å². The Morgan fingerprint density at radius 1 is 1.09 bits per heavy atom. The molecule has 0 aliphatic heterocycles. The van der Waals surface area contributed by atoms with Crippen molar-refractivity contribution in [1.82, 2.24) is 30.0 Å². The van der Waals surface area contributed by atoms with Crippen LogP contribution in [-0.4, -0.2) is 36.2 Å². The normalized spacial score (nSPS) is 11.9. The van der Waals surface area contributed by atoms with Crippen LogP contribution >= 0.6 is 23.2 Å². The molecule has 0 aliphatic carbocycles. The summed E-state index contributed by atoms with van der Waals surface area (Å²) >= 11 is 12.2. The van der Waals surface area contributed by atoms with Gasteiger partial charge in [-0.05, 0) is 45.9 Å². The summed E-state index contributed by atoms with van der Waals surface area (Å²) in [5.74, 6) is -0.348. The summed E-state index contributed by atoms with van der Waals surface area (Å²) in [5, 5.41) is 15.1. The average molecular weight is 484 g/mol. The minimum atomic E-state index is -0.348. The molecule has 0 radical (unpaired) electrons. The van der Waals surface area contributed by atoms with E-state index in [4.69, 9.17) is 28.2 Å². The van der Waals surface area contributed by atoms with Crippen LogP contribution in [-0.2, 0) is 13.6 Å². The number of carbonyl (C=O) groups is 1. The van der Waals surface area contributed by atoms with E-state index in [0.717, 1.165) is 17.0 Å². The molecule has 33 heavy (non-hydrogen) atoms. The molecule has 0 saturated carbocycles. The van der Waals surface area contributed by atoms with Gasteiger partial charge in [0.25, 0.3) is 5.91 Å². The zero-order valence-electron chi connectivity index (χ0n) is 18.9. The van der Waals surface area contributed by atoms with Crippen LogP contribution in [0.4, 0.5) is 0 Å². The second-order valence-electron chi connectivity index (χ2n) is 7.90. The molecular formula is C23H23Cl2N7O. The summed E-state index contributed by atoms with van der Waals surface area (Å²) in [6.07, 6.45) is 0. The third kappa shape index (κ3) is 4.49. The van der Waals surface area contributed by atoms with Crippen LogP contribution in [0.1, 0.15) is 34.4 Å². The number of hydrogen-bond acceptors (Lipinski definition) is 5. The molecule has 170 valence electrons. The average Bonchev–Trinajstić information content (AvgIpc) is 3.21. The topological polar surface area (TPSA) is 90.0 Å². The molecule has 1 aromatic carbocycles. The largest absolute Gasteiger partial charge is 0.272 e. The number of fused-ring (bicyclic) bond motifs is 1. The molecule has 0 aliphatic rings. The molecule has 3 aromatic heterocycles. The van der Waals surface area contributed by atoms with Gasteiger partial charge in [-0.1, -0.05) is 35.3 Å². The highest BCUT2D eigenvalue weighted by Crippen LogP contribution is 2.27. The summed E-state index contributed by atoms with van der Waals surface area (Å²) in [6.45, 7) is 7.83. The number of pyridine rings is 1. The van der Waals surface area contributed by atoms with Crippen LogP contribution in [0.5, 0.6) is 0 Å². The minimum Gasteiger partial charge on any atom is -0.267 e. The molecule has 4 aromatic rings. The van der Waals surface area contributed by atoms with Gasteiger partial charge in [0.15, 0.2) is 5.65 Å². The number of amides is 1. The molecule has 0 atom stereocenters. The number of halogens is 2. The lowest BCUT2D eigenvalue weighted by Gasteiger charge is -2.09. The lowest BCUT2D eigenvalue weighted by Crippen LogP contribution is -2.21. The van der Waals surface area contributed by atoms with Crippen molar-refractivity contribution < 1.29 is 4.79 Å². The number of carbonyl (C=O) groups excluding carboxylic acids is 1. The Morgan fingerprint density at radius 3 is 2.42 bits per heavy atom. The van der Waals surface area contributed by atoms with E-state index in [1.165, 1.54) is 0 Å². The van der Waals surface area contributed by atoms with Gasteiger partial charge < -0.3 is 0 Å². The van der Waals surface area contributed by atoms with Gasteiger partial charge >= 0.3 is 0 Å². The zero-order valence-corrected chi connectivity index (χ0v) is 20.5. The second-order valence-corrected chi connectivity index (χ2v) is 8.71. The quantitative estimate of drug-likeness (QED) is 0.323. The Labute approximate surface area is 201 Å². The molecule has 1 N–H and O–H groups in total. The van der Waals surface area contributed by atoms with Crippen LogP contribution in [0.2, 0.25) is 10.0 Å². The molecule has 1 amide bonds. The highest BCUT2D eigenvalue weighted by molar-refractivity contribution is 6.31. The molecular weight excluding hydrogens is 461 g/mol. The van der Waals surface area contributed by atoms with E-state index >= 15 is 0 Å². The Hall–Kier alpha value is -3.23. The fourth-order valence-corrected chi connectivity index (χ4v) is 3.94. The van der Waals surface area contributed by atoms with Gasteiger partial charge in [-0.15, -0.1) is 0 Å². The summed E-state index contributed by atoms with van der Waals surface area (Å²) in [4.78, 5) is 17.9. The molecule has 3 heterocycles. The predicted octanol–water partition coefficient (Wildman–Crippen LogP) is 4.87. The molecule has 0 spiro atoms. The highest BCUT2D eigenvalue weighted by Gasteiger charge is 2.19. The van der Waals surface area contributed by atoms with Crippen molar-refractivity contribution in [3.05, 3.63) is 63.0 Å². The van der Waals surface area contributed by atoms with Crippen molar-refractivity contribution in [3.8, 4) is 11.3 Å². The molecule has 0 bridgehead atoms. The minimum absolute atomic E-state index is 0.348. The Balaban J connectivity index is 1.67. The smallest absolute Gasteiger partial charge is 0.267 e. The Bertz CT molecular complexity index is 1400. The third-order valence-corrected chi connectivity index (χ3v) is 6.17. The van der Waals surface area contributed by atoms with Crippen molar-refractivity contribution in [2.45, 2.75) is 34.2 Å². The number of nitrogens with one attached hydrogen (secondary N) is 1. The van der Waals surface area contributed by atoms with E-state index in [-0.39, 0.29) is 5.91 Å². The van der Waals surface area contributed by atoms with Crippen LogP contribution in [0.15, 0.2) is 35.4 Å². The van der Waals surface area contributed by atoms with E-state index in [0.29, 0.717) is 50.3 Å². The predicted molar refractivity (Wildman–Crippen MR) is 131 cm³/mol. The van der Waals surface area contributed by atoms with Gasteiger partial charge in [-0.25, -0.2) is 10.4 Å². The molecule has 8 nitrogen and oxygen atoms in total. The third-order valence-electron chi connectivity index (χ3n) is 5.37. The first-order chi connectivity index (χ1) is 15.7. The van der Waals surface area contributed by atoms with Gasteiger partial charge in [0.1, 0.15) is 0 Å². The number of hydrazone groups is 1. The lowest BCUT2D eigenvalue weighted by molar-refractivity contribution is 0.0956. The van der Waals surface area contributed by atoms with Crippen LogP contribution in [0.3, 0.4) is 0 Å². The number of rotatable bonds is 5. The molecule has 0 saturated heterocycles.